The molecule has 6 heteroatoms. The third kappa shape index (κ3) is 3.22. The number of hydrogen-bond acceptors (Lipinski definition) is 3. The molecule has 1 atom stereocenters. The van der Waals surface area contributed by atoms with Crippen LogP contribution in [0.5, 0.6) is 0 Å². The van der Waals surface area contributed by atoms with Crippen LogP contribution in [0.15, 0.2) is 4.99 Å². The average molecular weight is 395 g/mol. The SMILES string of the molecule is CN=C(NCC1(C)COC1)N1CCC2(CCOC2)C1.I. The van der Waals surface area contributed by atoms with E-state index in [9.17, 15) is 0 Å². The molecule has 0 aromatic rings. The van der Waals surface area contributed by atoms with Crippen molar-refractivity contribution < 1.29 is 9.47 Å². The predicted octanol–water partition coefficient (Wildman–Crippen LogP) is 1.33. The van der Waals surface area contributed by atoms with Gasteiger partial charge in [-0.25, -0.2) is 0 Å². The summed E-state index contributed by atoms with van der Waals surface area (Å²) in [6.45, 7) is 8.94. The number of nitrogens with zero attached hydrogens (tertiary/aromatic N) is 2. The van der Waals surface area contributed by atoms with Gasteiger partial charge in [-0.15, -0.1) is 24.0 Å². The van der Waals surface area contributed by atoms with Crippen LogP contribution in [-0.2, 0) is 9.47 Å². The van der Waals surface area contributed by atoms with Crippen molar-refractivity contribution in [2.75, 3.05) is 53.1 Å². The van der Waals surface area contributed by atoms with E-state index >= 15 is 0 Å². The van der Waals surface area contributed by atoms with Crippen LogP contribution in [0.2, 0.25) is 0 Å². The molecule has 1 N–H and O–H groups in total. The highest BCUT2D eigenvalue weighted by Gasteiger charge is 2.42. The van der Waals surface area contributed by atoms with Crippen molar-refractivity contribution in [3.8, 4) is 0 Å². The van der Waals surface area contributed by atoms with E-state index in [1.54, 1.807) is 0 Å². The lowest BCUT2D eigenvalue weighted by Crippen LogP contribution is -2.51. The molecular formula is C14H26IN3O2. The average Bonchev–Trinajstić information content (AvgIpc) is 2.99. The van der Waals surface area contributed by atoms with Crippen LogP contribution in [0, 0.1) is 10.8 Å². The lowest BCUT2D eigenvalue weighted by molar-refractivity contribution is -0.0972. The van der Waals surface area contributed by atoms with Gasteiger partial charge < -0.3 is 19.7 Å². The Kier molecular flexibility index (Phi) is 5.18. The van der Waals surface area contributed by atoms with E-state index in [2.05, 4.69) is 22.1 Å². The van der Waals surface area contributed by atoms with Gasteiger partial charge in [0.05, 0.1) is 19.8 Å². The third-order valence-electron chi connectivity index (χ3n) is 4.71. The van der Waals surface area contributed by atoms with Crippen LogP contribution < -0.4 is 5.32 Å². The first-order valence-corrected chi connectivity index (χ1v) is 7.26. The van der Waals surface area contributed by atoms with Crippen molar-refractivity contribution >= 4 is 29.9 Å². The molecule has 116 valence electrons. The molecule has 1 spiro atoms. The summed E-state index contributed by atoms with van der Waals surface area (Å²) < 4.78 is 10.9. The number of hydrogen-bond donors (Lipinski definition) is 1. The van der Waals surface area contributed by atoms with Crippen LogP contribution in [0.4, 0.5) is 0 Å². The summed E-state index contributed by atoms with van der Waals surface area (Å²) in [7, 11) is 1.87. The van der Waals surface area contributed by atoms with E-state index in [1.807, 2.05) is 7.05 Å². The largest absolute Gasteiger partial charge is 0.381 e. The van der Waals surface area contributed by atoms with Crippen molar-refractivity contribution in [1.29, 1.82) is 0 Å². The minimum Gasteiger partial charge on any atom is -0.381 e. The summed E-state index contributed by atoms with van der Waals surface area (Å²) in [6, 6.07) is 0. The van der Waals surface area contributed by atoms with Gasteiger partial charge in [-0.2, -0.15) is 0 Å². The molecule has 0 aromatic heterocycles. The topological polar surface area (TPSA) is 46.1 Å². The van der Waals surface area contributed by atoms with Crippen molar-refractivity contribution in [3.05, 3.63) is 0 Å². The fourth-order valence-electron chi connectivity index (χ4n) is 3.26. The van der Waals surface area contributed by atoms with Gasteiger partial charge in [-0.3, -0.25) is 4.99 Å². The fraction of sp³-hybridized carbons (Fsp3) is 0.929. The highest BCUT2D eigenvalue weighted by Crippen LogP contribution is 2.38. The Hall–Kier alpha value is -0.0800. The molecular weight excluding hydrogens is 369 g/mol. The minimum absolute atomic E-state index is 0. The van der Waals surface area contributed by atoms with Gasteiger partial charge in [0.1, 0.15) is 0 Å². The zero-order valence-electron chi connectivity index (χ0n) is 12.5. The number of halogens is 1. The number of ether oxygens (including phenoxy) is 2. The van der Waals surface area contributed by atoms with E-state index in [1.165, 1.54) is 12.8 Å². The maximum atomic E-state index is 5.58. The van der Waals surface area contributed by atoms with E-state index in [4.69, 9.17) is 9.47 Å². The van der Waals surface area contributed by atoms with Gasteiger partial charge in [-0.05, 0) is 12.8 Å². The number of likely N-dealkylation sites (tertiary alicyclic amines) is 1. The molecule has 3 fully saturated rings. The minimum atomic E-state index is 0. The van der Waals surface area contributed by atoms with E-state index in [0.717, 1.165) is 52.0 Å². The van der Waals surface area contributed by atoms with Crippen molar-refractivity contribution in [1.82, 2.24) is 10.2 Å². The Morgan fingerprint density at radius 3 is 2.60 bits per heavy atom. The number of nitrogens with one attached hydrogen (secondary N) is 1. The first-order valence-electron chi connectivity index (χ1n) is 7.26. The quantitative estimate of drug-likeness (QED) is 0.436. The number of rotatable bonds is 2. The normalized spacial score (nSPS) is 32.1. The maximum Gasteiger partial charge on any atom is 0.193 e. The standard InChI is InChI=1S/C14H25N3O2.HI/c1-13(9-19-10-13)7-16-12(15-2)17-5-3-14(8-17)4-6-18-11-14;/h3-11H2,1-2H3,(H,15,16);1H. The Bertz CT molecular complexity index is 365. The zero-order chi connectivity index (χ0) is 13.3. The van der Waals surface area contributed by atoms with Crippen LogP contribution in [0.1, 0.15) is 19.8 Å². The molecule has 3 aliphatic rings. The van der Waals surface area contributed by atoms with E-state index < -0.39 is 0 Å². The van der Waals surface area contributed by atoms with Gasteiger partial charge in [0.25, 0.3) is 0 Å². The summed E-state index contributed by atoms with van der Waals surface area (Å²) in [5, 5.41) is 3.52. The zero-order valence-corrected chi connectivity index (χ0v) is 14.8. The first kappa shape index (κ1) is 16.3. The second kappa shape index (κ2) is 6.36. The lowest BCUT2D eigenvalue weighted by Gasteiger charge is -2.39. The highest BCUT2D eigenvalue weighted by molar-refractivity contribution is 14.0. The second-order valence-corrected chi connectivity index (χ2v) is 6.68. The van der Waals surface area contributed by atoms with E-state index in [0.29, 0.717) is 5.41 Å². The Morgan fingerprint density at radius 1 is 1.25 bits per heavy atom. The molecule has 5 nitrogen and oxygen atoms in total. The van der Waals surface area contributed by atoms with Crippen LogP contribution >= 0.6 is 24.0 Å². The summed E-state index contributed by atoms with van der Waals surface area (Å²) in [5.74, 6) is 1.04. The van der Waals surface area contributed by atoms with E-state index in [-0.39, 0.29) is 29.4 Å². The van der Waals surface area contributed by atoms with Gasteiger partial charge >= 0.3 is 0 Å². The Labute approximate surface area is 138 Å². The number of aliphatic imine (C=N–C) groups is 1. The van der Waals surface area contributed by atoms with Gasteiger partial charge in [-0.1, -0.05) is 6.92 Å². The first-order chi connectivity index (χ1) is 9.15. The summed E-state index contributed by atoms with van der Waals surface area (Å²) in [6.07, 6.45) is 2.43. The predicted molar refractivity (Wildman–Crippen MR) is 89.8 cm³/mol. The van der Waals surface area contributed by atoms with Gasteiger partial charge in [0.15, 0.2) is 5.96 Å². The molecule has 0 aromatic carbocycles. The van der Waals surface area contributed by atoms with Gasteiger partial charge in [0.2, 0.25) is 0 Å². The summed E-state index contributed by atoms with van der Waals surface area (Å²) in [5.41, 5.74) is 0.672. The molecule has 3 heterocycles. The fourth-order valence-corrected chi connectivity index (χ4v) is 3.26. The lowest BCUT2D eigenvalue weighted by atomic mass is 9.87. The third-order valence-corrected chi connectivity index (χ3v) is 4.71. The molecule has 3 aliphatic heterocycles. The van der Waals surface area contributed by atoms with Crippen LogP contribution in [0.3, 0.4) is 0 Å². The highest BCUT2D eigenvalue weighted by atomic mass is 127. The van der Waals surface area contributed by atoms with Crippen molar-refractivity contribution in [3.63, 3.8) is 0 Å². The van der Waals surface area contributed by atoms with Crippen molar-refractivity contribution in [2.45, 2.75) is 19.8 Å². The summed E-state index contributed by atoms with van der Waals surface area (Å²) >= 11 is 0. The molecule has 0 radical (unpaired) electrons. The van der Waals surface area contributed by atoms with Gasteiger partial charge in [0, 0.05) is 44.1 Å². The molecule has 0 saturated carbocycles. The Morgan fingerprint density at radius 2 is 2.05 bits per heavy atom. The smallest absolute Gasteiger partial charge is 0.193 e. The van der Waals surface area contributed by atoms with Crippen molar-refractivity contribution in [2.24, 2.45) is 15.8 Å². The number of guanidine groups is 1. The Balaban J connectivity index is 0.00000147. The molecule has 1 unspecified atom stereocenters. The second-order valence-electron chi connectivity index (χ2n) is 6.68. The molecule has 3 saturated heterocycles. The van der Waals surface area contributed by atoms with Crippen LogP contribution in [0.25, 0.3) is 0 Å². The molecule has 0 amide bonds. The maximum absolute atomic E-state index is 5.58. The van der Waals surface area contributed by atoms with Crippen LogP contribution in [-0.4, -0.2) is 64.0 Å². The molecule has 0 bridgehead atoms. The monoisotopic (exact) mass is 395 g/mol. The molecule has 3 rings (SSSR count). The summed E-state index contributed by atoms with van der Waals surface area (Å²) in [4.78, 5) is 6.82. The molecule has 20 heavy (non-hydrogen) atoms. The molecule has 0 aliphatic carbocycles.